The van der Waals surface area contributed by atoms with E-state index in [4.69, 9.17) is 0 Å². The molecule has 2 heterocycles. The van der Waals surface area contributed by atoms with Gasteiger partial charge in [0.1, 0.15) is 11.5 Å². The van der Waals surface area contributed by atoms with E-state index in [1.165, 1.54) is 22.9 Å². The molecule has 1 N–H and O–H groups in total. The molecule has 0 bridgehead atoms. The number of amides is 1. The molecule has 25 heavy (non-hydrogen) atoms. The van der Waals surface area contributed by atoms with Gasteiger partial charge in [-0.2, -0.15) is 5.10 Å². The Morgan fingerprint density at radius 2 is 2.08 bits per heavy atom. The summed E-state index contributed by atoms with van der Waals surface area (Å²) in [6.07, 6.45) is 0.0926. The van der Waals surface area contributed by atoms with Crippen LogP contribution in [0.1, 0.15) is 5.56 Å². The number of carbonyl (C=O) groups excluding carboxylic acids is 1. The predicted octanol–water partition coefficient (Wildman–Crippen LogP) is 2.47. The number of nitrogens with one attached hydrogen (secondary N) is 1. The molecular weight excluding hydrogens is 341 g/mol. The molecule has 0 fully saturated rings. The molecule has 2 aromatic heterocycles. The van der Waals surface area contributed by atoms with E-state index >= 15 is 0 Å². The highest BCUT2D eigenvalue weighted by Crippen LogP contribution is 2.20. The third kappa shape index (κ3) is 4.60. The van der Waals surface area contributed by atoms with Crippen LogP contribution in [0.5, 0.6) is 0 Å². The highest BCUT2D eigenvalue weighted by Gasteiger charge is 2.06. The van der Waals surface area contributed by atoms with E-state index in [1.54, 1.807) is 29.5 Å². The minimum Gasteiger partial charge on any atom is -0.354 e. The molecule has 3 rings (SSSR count). The number of benzene rings is 1. The highest BCUT2D eigenvalue weighted by molar-refractivity contribution is 7.13. The molecule has 7 heteroatoms. The lowest BCUT2D eigenvalue weighted by molar-refractivity contribution is -0.120. The van der Waals surface area contributed by atoms with Crippen LogP contribution in [0.15, 0.2) is 58.7 Å². The van der Waals surface area contributed by atoms with Crippen molar-refractivity contribution in [3.63, 3.8) is 0 Å². The summed E-state index contributed by atoms with van der Waals surface area (Å²) in [5, 5.41) is 8.99. The SMILES string of the molecule is O=C(Cc1cccc(F)c1)NCCn1nc(-c2cccs2)ccc1=O. The summed E-state index contributed by atoms with van der Waals surface area (Å²) in [7, 11) is 0. The largest absolute Gasteiger partial charge is 0.354 e. The maximum absolute atomic E-state index is 13.1. The van der Waals surface area contributed by atoms with Crippen molar-refractivity contribution in [1.82, 2.24) is 15.1 Å². The summed E-state index contributed by atoms with van der Waals surface area (Å²) < 4.78 is 14.4. The third-order valence-electron chi connectivity index (χ3n) is 3.54. The van der Waals surface area contributed by atoms with Crippen LogP contribution in [-0.4, -0.2) is 22.2 Å². The van der Waals surface area contributed by atoms with Crippen LogP contribution in [-0.2, 0) is 17.8 Å². The Balaban J connectivity index is 1.57. The number of halogens is 1. The first-order valence-corrected chi connectivity index (χ1v) is 8.63. The van der Waals surface area contributed by atoms with Crippen molar-refractivity contribution in [1.29, 1.82) is 0 Å². The number of rotatable bonds is 6. The second-order valence-electron chi connectivity index (χ2n) is 5.41. The van der Waals surface area contributed by atoms with Gasteiger partial charge >= 0.3 is 0 Å². The minimum absolute atomic E-state index is 0.0926. The van der Waals surface area contributed by atoms with E-state index in [-0.39, 0.29) is 36.8 Å². The molecule has 0 unspecified atom stereocenters. The zero-order valence-electron chi connectivity index (χ0n) is 13.3. The van der Waals surface area contributed by atoms with Gasteiger partial charge in [0.05, 0.1) is 17.8 Å². The lowest BCUT2D eigenvalue weighted by Crippen LogP contribution is -2.32. The van der Waals surface area contributed by atoms with Gasteiger partial charge in [0, 0.05) is 12.6 Å². The second kappa shape index (κ2) is 7.85. The number of hydrogen-bond acceptors (Lipinski definition) is 4. The smallest absolute Gasteiger partial charge is 0.266 e. The molecule has 5 nitrogen and oxygen atoms in total. The van der Waals surface area contributed by atoms with Gasteiger partial charge in [-0.25, -0.2) is 9.07 Å². The third-order valence-corrected chi connectivity index (χ3v) is 4.43. The van der Waals surface area contributed by atoms with Crippen molar-refractivity contribution in [3.05, 3.63) is 75.6 Å². The predicted molar refractivity (Wildman–Crippen MR) is 94.9 cm³/mol. The summed E-state index contributed by atoms with van der Waals surface area (Å²) >= 11 is 1.54. The molecule has 0 saturated heterocycles. The molecule has 3 aromatic rings. The van der Waals surface area contributed by atoms with E-state index in [0.717, 1.165) is 10.6 Å². The first-order valence-electron chi connectivity index (χ1n) is 7.75. The van der Waals surface area contributed by atoms with E-state index in [1.807, 2.05) is 17.5 Å². The second-order valence-corrected chi connectivity index (χ2v) is 6.36. The van der Waals surface area contributed by atoms with Crippen molar-refractivity contribution in [3.8, 4) is 10.6 Å². The maximum atomic E-state index is 13.1. The molecular formula is C18H16FN3O2S. The van der Waals surface area contributed by atoms with Crippen LogP contribution in [0.2, 0.25) is 0 Å². The van der Waals surface area contributed by atoms with E-state index in [2.05, 4.69) is 10.4 Å². The minimum atomic E-state index is -0.369. The van der Waals surface area contributed by atoms with Crippen LogP contribution in [0.4, 0.5) is 4.39 Å². The molecule has 128 valence electrons. The fourth-order valence-corrected chi connectivity index (χ4v) is 3.05. The monoisotopic (exact) mass is 357 g/mol. The molecule has 0 spiro atoms. The van der Waals surface area contributed by atoms with Gasteiger partial charge in [-0.15, -0.1) is 11.3 Å². The van der Waals surface area contributed by atoms with E-state index < -0.39 is 0 Å². The van der Waals surface area contributed by atoms with E-state index in [0.29, 0.717) is 5.56 Å². The lowest BCUT2D eigenvalue weighted by Gasteiger charge is -2.08. The number of carbonyl (C=O) groups is 1. The highest BCUT2D eigenvalue weighted by atomic mass is 32.1. The van der Waals surface area contributed by atoms with Gasteiger partial charge in [0.15, 0.2) is 0 Å². The van der Waals surface area contributed by atoms with Crippen molar-refractivity contribution >= 4 is 17.2 Å². The molecule has 0 aliphatic heterocycles. The molecule has 0 saturated carbocycles. The Labute approximate surface area is 147 Å². The summed E-state index contributed by atoms with van der Waals surface area (Å²) in [5.74, 6) is -0.598. The molecule has 0 aliphatic carbocycles. The Kier molecular flexibility index (Phi) is 5.35. The molecule has 0 radical (unpaired) electrons. The standard InChI is InChI=1S/C18H16FN3O2S/c19-14-4-1-3-13(11-14)12-17(23)20-8-9-22-18(24)7-6-15(21-22)16-5-2-10-25-16/h1-7,10-11H,8-9,12H2,(H,20,23). The van der Waals surface area contributed by atoms with Crippen LogP contribution >= 0.6 is 11.3 Å². The van der Waals surface area contributed by atoms with Crippen molar-refractivity contribution < 1.29 is 9.18 Å². The fourth-order valence-electron chi connectivity index (χ4n) is 2.36. The van der Waals surface area contributed by atoms with Gasteiger partial charge in [-0.1, -0.05) is 18.2 Å². The average Bonchev–Trinajstić information content (AvgIpc) is 3.11. The fraction of sp³-hybridized carbons (Fsp3) is 0.167. The summed E-state index contributed by atoms with van der Waals surface area (Å²) in [4.78, 5) is 24.8. The Bertz CT molecular complexity index is 922. The number of nitrogens with zero attached hydrogens (tertiary/aromatic N) is 2. The van der Waals surface area contributed by atoms with Gasteiger partial charge in [-0.05, 0) is 35.2 Å². The summed E-state index contributed by atoms with van der Waals surface area (Å²) in [5.41, 5.74) is 1.10. The van der Waals surface area contributed by atoms with Gasteiger partial charge in [-0.3, -0.25) is 9.59 Å². The zero-order valence-corrected chi connectivity index (χ0v) is 14.1. The van der Waals surface area contributed by atoms with Gasteiger partial charge in [0.2, 0.25) is 5.91 Å². The average molecular weight is 357 g/mol. The van der Waals surface area contributed by atoms with Gasteiger partial charge < -0.3 is 5.32 Å². The van der Waals surface area contributed by atoms with Gasteiger partial charge in [0.25, 0.3) is 5.56 Å². The van der Waals surface area contributed by atoms with Crippen molar-refractivity contribution in [2.75, 3.05) is 6.54 Å². The Morgan fingerprint density at radius 3 is 2.84 bits per heavy atom. The first-order chi connectivity index (χ1) is 12.1. The molecule has 1 amide bonds. The first kappa shape index (κ1) is 17.0. The lowest BCUT2D eigenvalue weighted by atomic mass is 10.1. The Hall–Kier alpha value is -2.80. The summed E-state index contributed by atoms with van der Waals surface area (Å²) in [6.45, 7) is 0.544. The molecule has 0 atom stereocenters. The van der Waals surface area contributed by atoms with Crippen molar-refractivity contribution in [2.45, 2.75) is 13.0 Å². The quantitative estimate of drug-likeness (QED) is 0.737. The molecule has 0 aliphatic rings. The van der Waals surface area contributed by atoms with E-state index in [9.17, 15) is 14.0 Å². The summed E-state index contributed by atoms with van der Waals surface area (Å²) in [6, 6.07) is 12.9. The van der Waals surface area contributed by atoms with Crippen molar-refractivity contribution in [2.24, 2.45) is 0 Å². The van der Waals surface area contributed by atoms with Crippen LogP contribution in [0.25, 0.3) is 10.6 Å². The number of thiophene rings is 1. The van der Waals surface area contributed by atoms with Crippen LogP contribution in [0, 0.1) is 5.82 Å². The zero-order chi connectivity index (χ0) is 17.6. The number of aromatic nitrogens is 2. The molecule has 1 aromatic carbocycles. The normalized spacial score (nSPS) is 10.6. The van der Waals surface area contributed by atoms with Crippen LogP contribution in [0.3, 0.4) is 0 Å². The number of hydrogen-bond donors (Lipinski definition) is 1. The Morgan fingerprint density at radius 1 is 1.20 bits per heavy atom. The maximum Gasteiger partial charge on any atom is 0.266 e. The van der Waals surface area contributed by atoms with Crippen LogP contribution < -0.4 is 10.9 Å². The topological polar surface area (TPSA) is 64.0 Å².